The molecule has 1 aliphatic rings. The summed E-state index contributed by atoms with van der Waals surface area (Å²) in [5.41, 5.74) is 8.89. The monoisotopic (exact) mass is 334 g/mol. The van der Waals surface area contributed by atoms with Crippen molar-refractivity contribution < 1.29 is 4.79 Å². The third-order valence-electron chi connectivity index (χ3n) is 4.04. The second-order valence-corrected chi connectivity index (χ2v) is 6.39. The van der Waals surface area contributed by atoms with Crippen LogP contribution in [-0.2, 0) is 11.2 Å². The SMILES string of the molecule is C[C@@H](c1ccc(Cl)cc1)N1C(=O)[C@H](N)Cc2ccc(Cl)cc21. The van der Waals surface area contributed by atoms with Gasteiger partial charge in [-0.2, -0.15) is 0 Å². The van der Waals surface area contributed by atoms with E-state index in [-0.39, 0.29) is 11.9 Å². The summed E-state index contributed by atoms with van der Waals surface area (Å²) < 4.78 is 0. The molecule has 0 saturated heterocycles. The smallest absolute Gasteiger partial charge is 0.244 e. The Labute approximate surface area is 139 Å². The first-order chi connectivity index (χ1) is 10.5. The van der Waals surface area contributed by atoms with E-state index in [0.717, 1.165) is 16.8 Å². The van der Waals surface area contributed by atoms with Crippen molar-refractivity contribution in [1.82, 2.24) is 0 Å². The number of nitrogens with two attached hydrogens (primary N) is 1. The Kier molecular flexibility index (Phi) is 4.13. The minimum atomic E-state index is -0.525. The Hall–Kier alpha value is -1.55. The van der Waals surface area contributed by atoms with E-state index in [2.05, 4.69) is 0 Å². The molecule has 3 rings (SSSR count). The summed E-state index contributed by atoms with van der Waals surface area (Å²) in [5.74, 6) is -0.0859. The van der Waals surface area contributed by atoms with Gasteiger partial charge in [-0.25, -0.2) is 0 Å². The third-order valence-corrected chi connectivity index (χ3v) is 4.53. The van der Waals surface area contributed by atoms with Gasteiger partial charge in [0.15, 0.2) is 0 Å². The van der Waals surface area contributed by atoms with Crippen LogP contribution in [-0.4, -0.2) is 11.9 Å². The fraction of sp³-hybridized carbons (Fsp3) is 0.235. The van der Waals surface area contributed by atoms with Crippen LogP contribution in [0.1, 0.15) is 24.1 Å². The molecular formula is C17H16Cl2N2O. The van der Waals surface area contributed by atoms with Crippen LogP contribution in [0.2, 0.25) is 10.0 Å². The largest absolute Gasteiger partial charge is 0.320 e. The zero-order valence-corrected chi connectivity index (χ0v) is 13.6. The maximum absolute atomic E-state index is 12.6. The average Bonchev–Trinajstić information content (AvgIpc) is 2.49. The normalized spacial score (nSPS) is 19.0. The van der Waals surface area contributed by atoms with E-state index in [1.807, 2.05) is 49.4 Å². The molecule has 1 amide bonds. The molecule has 0 aromatic heterocycles. The Balaban J connectivity index is 2.06. The van der Waals surface area contributed by atoms with Crippen molar-refractivity contribution in [3.8, 4) is 0 Å². The molecule has 2 aromatic rings. The highest BCUT2D eigenvalue weighted by molar-refractivity contribution is 6.31. The molecule has 114 valence electrons. The van der Waals surface area contributed by atoms with Crippen LogP contribution in [0.4, 0.5) is 5.69 Å². The summed E-state index contributed by atoms with van der Waals surface area (Å²) >= 11 is 12.0. The number of benzene rings is 2. The number of rotatable bonds is 2. The van der Waals surface area contributed by atoms with Crippen LogP contribution in [0.15, 0.2) is 42.5 Å². The standard InChI is InChI=1S/C17H16Cl2N2O/c1-10(11-2-5-13(18)6-3-11)21-16-9-14(19)7-4-12(16)8-15(20)17(21)22/h2-7,9-10,15H,8,20H2,1H3/t10-,15+/m0/s1. The highest BCUT2D eigenvalue weighted by atomic mass is 35.5. The molecule has 2 atom stereocenters. The lowest BCUT2D eigenvalue weighted by Gasteiger charge is -2.37. The highest BCUT2D eigenvalue weighted by Crippen LogP contribution is 2.36. The van der Waals surface area contributed by atoms with Crippen molar-refractivity contribution in [2.45, 2.75) is 25.4 Å². The van der Waals surface area contributed by atoms with Crippen LogP contribution in [0.3, 0.4) is 0 Å². The number of anilines is 1. The molecule has 2 N–H and O–H groups in total. The van der Waals surface area contributed by atoms with E-state index in [1.165, 1.54) is 0 Å². The first-order valence-electron chi connectivity index (χ1n) is 7.10. The number of nitrogens with zero attached hydrogens (tertiary/aromatic N) is 1. The van der Waals surface area contributed by atoms with Gasteiger partial charge in [0.05, 0.1) is 12.1 Å². The van der Waals surface area contributed by atoms with E-state index >= 15 is 0 Å². The van der Waals surface area contributed by atoms with Gasteiger partial charge in [-0.3, -0.25) is 4.79 Å². The van der Waals surface area contributed by atoms with Gasteiger partial charge < -0.3 is 10.6 Å². The first kappa shape index (κ1) is 15.3. The predicted octanol–water partition coefficient (Wildman–Crippen LogP) is 3.97. The van der Waals surface area contributed by atoms with Gasteiger partial charge in [0.2, 0.25) is 5.91 Å². The van der Waals surface area contributed by atoms with Gasteiger partial charge in [0, 0.05) is 15.7 Å². The highest BCUT2D eigenvalue weighted by Gasteiger charge is 2.34. The van der Waals surface area contributed by atoms with Crippen LogP contribution in [0.25, 0.3) is 0 Å². The van der Waals surface area contributed by atoms with Crippen molar-refractivity contribution >= 4 is 34.8 Å². The number of hydrogen-bond donors (Lipinski definition) is 1. The lowest BCUT2D eigenvalue weighted by Crippen LogP contribution is -2.49. The Morgan fingerprint density at radius 1 is 1.14 bits per heavy atom. The van der Waals surface area contributed by atoms with Gasteiger partial charge >= 0.3 is 0 Å². The minimum absolute atomic E-state index is 0.0859. The summed E-state index contributed by atoms with van der Waals surface area (Å²) in [6.07, 6.45) is 0.537. The molecule has 0 saturated carbocycles. The summed E-state index contributed by atoms with van der Waals surface area (Å²) in [7, 11) is 0. The van der Waals surface area contributed by atoms with Crippen LogP contribution in [0, 0.1) is 0 Å². The van der Waals surface area contributed by atoms with Gasteiger partial charge in [0.1, 0.15) is 0 Å². The lowest BCUT2D eigenvalue weighted by molar-refractivity contribution is -0.120. The molecule has 0 unspecified atom stereocenters. The molecule has 0 aliphatic carbocycles. The zero-order valence-electron chi connectivity index (χ0n) is 12.1. The van der Waals surface area contributed by atoms with Crippen LogP contribution in [0.5, 0.6) is 0 Å². The van der Waals surface area contributed by atoms with Crippen molar-refractivity contribution in [2.24, 2.45) is 5.73 Å². The third kappa shape index (κ3) is 2.72. The number of halogens is 2. The molecule has 0 spiro atoms. The van der Waals surface area contributed by atoms with Crippen LogP contribution < -0.4 is 10.6 Å². The summed E-state index contributed by atoms with van der Waals surface area (Å²) in [4.78, 5) is 14.3. The number of amides is 1. The maximum Gasteiger partial charge on any atom is 0.244 e. The maximum atomic E-state index is 12.6. The molecule has 5 heteroatoms. The van der Waals surface area contributed by atoms with Crippen molar-refractivity contribution in [3.05, 3.63) is 63.6 Å². The Morgan fingerprint density at radius 3 is 2.45 bits per heavy atom. The number of fused-ring (bicyclic) bond motifs is 1. The minimum Gasteiger partial charge on any atom is -0.320 e. The van der Waals surface area contributed by atoms with Crippen molar-refractivity contribution in [2.75, 3.05) is 4.90 Å². The molecule has 22 heavy (non-hydrogen) atoms. The van der Waals surface area contributed by atoms with Gasteiger partial charge in [-0.15, -0.1) is 0 Å². The molecule has 1 aliphatic heterocycles. The van der Waals surface area contributed by atoms with E-state index in [9.17, 15) is 4.79 Å². The second-order valence-electron chi connectivity index (χ2n) is 5.52. The topological polar surface area (TPSA) is 46.3 Å². The second kappa shape index (κ2) is 5.92. The molecule has 0 bridgehead atoms. The Morgan fingerprint density at radius 2 is 1.77 bits per heavy atom. The molecule has 0 fully saturated rings. The Bertz CT molecular complexity index is 715. The van der Waals surface area contributed by atoms with Gasteiger partial charge in [-0.1, -0.05) is 41.4 Å². The summed E-state index contributed by atoms with van der Waals surface area (Å²) in [6.45, 7) is 1.98. The number of carbonyl (C=O) groups is 1. The number of hydrogen-bond acceptors (Lipinski definition) is 2. The number of carbonyl (C=O) groups excluding carboxylic acids is 1. The van der Waals surface area contributed by atoms with E-state index in [0.29, 0.717) is 16.5 Å². The molecular weight excluding hydrogens is 319 g/mol. The molecule has 0 radical (unpaired) electrons. The van der Waals surface area contributed by atoms with Crippen molar-refractivity contribution in [1.29, 1.82) is 0 Å². The average molecular weight is 335 g/mol. The van der Waals surface area contributed by atoms with Gasteiger partial charge in [-0.05, 0) is 48.7 Å². The molecule has 1 heterocycles. The fourth-order valence-electron chi connectivity index (χ4n) is 2.85. The van der Waals surface area contributed by atoms with Crippen LogP contribution >= 0.6 is 23.2 Å². The molecule has 2 aromatic carbocycles. The lowest BCUT2D eigenvalue weighted by atomic mass is 9.94. The molecule has 3 nitrogen and oxygen atoms in total. The van der Waals surface area contributed by atoms with E-state index < -0.39 is 6.04 Å². The fourth-order valence-corrected chi connectivity index (χ4v) is 3.14. The predicted molar refractivity (Wildman–Crippen MR) is 90.5 cm³/mol. The first-order valence-corrected chi connectivity index (χ1v) is 7.85. The summed E-state index contributed by atoms with van der Waals surface area (Å²) in [6, 6.07) is 12.4. The van der Waals surface area contributed by atoms with Gasteiger partial charge in [0.25, 0.3) is 0 Å². The van der Waals surface area contributed by atoms with E-state index in [1.54, 1.807) is 4.90 Å². The zero-order chi connectivity index (χ0) is 15.9. The van der Waals surface area contributed by atoms with E-state index in [4.69, 9.17) is 28.9 Å². The van der Waals surface area contributed by atoms with Crippen molar-refractivity contribution in [3.63, 3.8) is 0 Å². The quantitative estimate of drug-likeness (QED) is 0.903. The summed E-state index contributed by atoms with van der Waals surface area (Å²) in [5, 5.41) is 1.27.